The van der Waals surface area contributed by atoms with E-state index in [2.05, 4.69) is 0 Å². The van der Waals surface area contributed by atoms with E-state index in [0.29, 0.717) is 0 Å². The number of rotatable bonds is 0. The molecule has 10 heavy (non-hydrogen) atoms. The molecule has 3 nitrogen and oxygen atoms in total. The molecule has 0 unspecified atom stereocenters. The van der Waals surface area contributed by atoms with Crippen LogP contribution in [0.2, 0.25) is 0 Å². The van der Waals surface area contributed by atoms with Gasteiger partial charge in [0.15, 0.2) is 0 Å². The first-order chi connectivity index (χ1) is 4.24. The maximum absolute atomic E-state index is 7.43. The molecule has 0 spiro atoms. The Kier molecular flexibility index (Phi) is 201. The smallest absolute Gasteiger partial charge is 0.251 e. The Morgan fingerprint density at radius 2 is 0.700 bits per heavy atom. The molecule has 0 saturated carbocycles. The van der Waals surface area contributed by atoms with Crippen LogP contribution in [0.1, 0.15) is 0 Å². The molecule has 0 amide bonds. The largest absolute Gasteiger partial charge is 3.00 e. The second-order valence-corrected chi connectivity index (χ2v) is 0. The molecule has 0 radical (unpaired) electrons. The predicted molar refractivity (Wildman–Crippen MR) is 52.4 cm³/mol. The molecule has 0 heterocycles. The minimum atomic E-state index is 0. The van der Waals surface area contributed by atoms with E-state index in [1.807, 2.05) is 17.9 Å². The van der Waals surface area contributed by atoms with Crippen molar-refractivity contribution in [3.8, 4) is 17.9 Å². The molecule has 0 atom stereocenters. The van der Waals surface area contributed by atoms with E-state index in [0.717, 1.165) is 0 Å². The molecular weight excluding hydrogens is 137 g/mol. The van der Waals surface area contributed by atoms with Gasteiger partial charge in [-0.3, -0.25) is 15.8 Å². The summed E-state index contributed by atoms with van der Waals surface area (Å²) >= 11 is 0. The van der Waals surface area contributed by atoms with Crippen LogP contribution in [-0.2, 0) is 0 Å². The van der Waals surface area contributed by atoms with Crippen LogP contribution in [0.5, 0.6) is 0 Å². The summed E-state index contributed by atoms with van der Waals surface area (Å²) in [7, 11) is 0.208. The average Bonchev–Trinajstić information content (AvgIpc) is 1.70. The van der Waals surface area contributed by atoms with Crippen molar-refractivity contribution in [1.29, 1.82) is 15.8 Å². The van der Waals surface area contributed by atoms with E-state index in [1.165, 1.54) is 0 Å². The maximum Gasteiger partial charge on any atom is 3.00 e. The molecule has 0 N–H and O–H groups in total. The van der Waals surface area contributed by atoms with Crippen molar-refractivity contribution in [2.24, 2.45) is 0 Å². The van der Waals surface area contributed by atoms with Crippen LogP contribution >= 0.6 is 0 Å². The Balaban J connectivity index is -0.0000000257. The van der Waals surface area contributed by atoms with Crippen molar-refractivity contribution in [2.75, 3.05) is 0 Å². The molecule has 0 aliphatic heterocycles. The van der Waals surface area contributed by atoms with Gasteiger partial charge in [0, 0.05) is 0 Å². The Hall–Kier alpha value is -0.803. The zero-order chi connectivity index (χ0) is 8.12. The Bertz CT molecular complexity index is 112. The summed E-state index contributed by atoms with van der Waals surface area (Å²) in [6.07, 6.45) is 0. The fourth-order valence-corrected chi connectivity index (χ4v) is 0. The first-order valence-electron chi connectivity index (χ1n) is 0.671. The molecule has 0 aliphatic carbocycles. The van der Waals surface area contributed by atoms with Gasteiger partial charge in [-0.05, 0) is 0 Å². The zero-order valence-electron chi connectivity index (χ0n) is 3.42. The van der Waals surface area contributed by atoms with Crippen molar-refractivity contribution in [2.45, 2.75) is 0 Å². The summed E-state index contributed by atoms with van der Waals surface area (Å²) in [5, 5.41) is 22.3. The van der Waals surface area contributed by atoms with Crippen LogP contribution in [0, 0.1) is 33.7 Å². The second kappa shape index (κ2) is 88.0. The third-order valence-electron chi connectivity index (χ3n) is 0. The Labute approximate surface area is 75.0 Å². The fraction of sp³-hybridized carbons (Fsp3) is 0. The monoisotopic (exact) mass is 147 g/mol. The van der Waals surface area contributed by atoms with Gasteiger partial charge >= 0.3 is 17.4 Å². The van der Waals surface area contributed by atoms with Crippen LogP contribution in [0.15, 0.2) is 0 Å². The summed E-state index contributed by atoms with van der Waals surface area (Å²) in [5.74, 6) is 6.00. The van der Waals surface area contributed by atoms with Crippen LogP contribution in [0.25, 0.3) is 0 Å². The summed E-state index contributed by atoms with van der Waals surface area (Å²) in [6.45, 7) is 0. The number of nitrogens with zero attached hydrogens (tertiary/aromatic N) is 3. The number of nitriles is 3. The first-order valence-corrected chi connectivity index (χ1v) is 0.671. The van der Waals surface area contributed by atoms with Gasteiger partial charge in [0.25, 0.3) is 0 Å². The Morgan fingerprint density at radius 3 is 0.700 bits per heavy atom. The fourth-order valence-electron chi connectivity index (χ4n) is 0. The topological polar surface area (TPSA) is 71.4 Å². The molecule has 0 aromatic rings. The van der Waals surface area contributed by atoms with Crippen LogP contribution in [0.3, 0.4) is 0 Å². The van der Waals surface area contributed by atoms with Crippen molar-refractivity contribution < 1.29 is 0 Å². The molecule has 0 aliphatic rings. The first kappa shape index (κ1) is 22.9. The summed E-state index contributed by atoms with van der Waals surface area (Å²) < 4.78 is 0. The van der Waals surface area contributed by atoms with E-state index in [9.17, 15) is 0 Å². The number of hydrogen-bond donors (Lipinski definition) is 0. The average molecular weight is 147 g/mol. The SMILES string of the molecule is [Al+3].[BH3-]C#N.[BH3-]C#N.[BH3-]C#N. The van der Waals surface area contributed by atoms with Gasteiger partial charge < -0.3 is 0 Å². The quantitative estimate of drug-likeness (QED) is 0.328. The van der Waals surface area contributed by atoms with Gasteiger partial charge in [0.2, 0.25) is 0 Å². The van der Waals surface area contributed by atoms with Gasteiger partial charge in [-0.25, -0.2) is 0 Å². The molecule has 7 heteroatoms. The van der Waals surface area contributed by atoms with Crippen LogP contribution in [0.4, 0.5) is 0 Å². The summed E-state index contributed by atoms with van der Waals surface area (Å²) in [5.41, 5.74) is 0. The standard InChI is InChI=1S/3CH3BN.Al/c3*2-1-3;/h3*2H3;/q3*-1;+3. The van der Waals surface area contributed by atoms with Crippen molar-refractivity contribution in [3.63, 3.8) is 0 Å². The summed E-state index contributed by atoms with van der Waals surface area (Å²) in [4.78, 5) is 0. The van der Waals surface area contributed by atoms with E-state index in [1.54, 1.807) is 0 Å². The normalized spacial score (nSPS) is 2.40. The van der Waals surface area contributed by atoms with Gasteiger partial charge in [-0.1, -0.05) is 0 Å². The predicted octanol–water partition coefficient (Wildman–Crippen LogP) is -3.88. The van der Waals surface area contributed by atoms with E-state index in [-0.39, 0.29) is 40.9 Å². The van der Waals surface area contributed by atoms with Gasteiger partial charge in [-0.15, -0.1) is 0 Å². The van der Waals surface area contributed by atoms with E-state index >= 15 is 0 Å². The maximum atomic E-state index is 7.43. The minimum absolute atomic E-state index is 0. The molecule has 0 saturated heterocycles. The van der Waals surface area contributed by atoms with Crippen LogP contribution < -0.4 is 0 Å². The Morgan fingerprint density at radius 1 is 0.700 bits per heavy atom. The molecule has 0 fully saturated rings. The van der Waals surface area contributed by atoms with E-state index < -0.39 is 0 Å². The van der Waals surface area contributed by atoms with Gasteiger partial charge in [-0.2, -0.15) is 17.9 Å². The van der Waals surface area contributed by atoms with Crippen molar-refractivity contribution >= 4 is 40.9 Å². The minimum Gasteiger partial charge on any atom is -0.251 e. The number of hydrogen-bond acceptors (Lipinski definition) is 3. The van der Waals surface area contributed by atoms with Crippen LogP contribution in [-0.4, -0.2) is 40.9 Å². The molecule has 0 aromatic carbocycles. The van der Waals surface area contributed by atoms with E-state index in [4.69, 9.17) is 15.8 Å². The van der Waals surface area contributed by atoms with Crippen molar-refractivity contribution in [1.82, 2.24) is 0 Å². The molecule has 48 valence electrons. The molecule has 0 aromatic heterocycles. The second-order valence-electron chi connectivity index (χ2n) is 0. The third-order valence-corrected chi connectivity index (χ3v) is 0. The zero-order valence-corrected chi connectivity index (χ0v) is 4.57. The van der Waals surface area contributed by atoms with Gasteiger partial charge in [0.1, 0.15) is 0 Å². The molecule has 0 bridgehead atoms. The summed E-state index contributed by atoms with van der Waals surface area (Å²) in [6, 6.07) is 0. The molecular formula is C3H9AlB3N3. The third kappa shape index (κ3) is 429. The van der Waals surface area contributed by atoms with Crippen molar-refractivity contribution in [3.05, 3.63) is 0 Å². The molecule has 0 rings (SSSR count). The van der Waals surface area contributed by atoms with Gasteiger partial charge in [0.05, 0.1) is 23.5 Å².